The Kier molecular flexibility index (Phi) is 4.64. The molecule has 1 heterocycles. The van der Waals surface area contributed by atoms with E-state index in [-0.39, 0.29) is 10.6 Å². The van der Waals surface area contributed by atoms with Crippen molar-refractivity contribution in [3.63, 3.8) is 0 Å². The molecule has 0 saturated heterocycles. The van der Waals surface area contributed by atoms with Crippen LogP contribution in [0.15, 0.2) is 30.3 Å². The third-order valence-corrected chi connectivity index (χ3v) is 4.39. The third-order valence-electron chi connectivity index (χ3n) is 3.15. The quantitative estimate of drug-likeness (QED) is 0.668. The van der Waals surface area contributed by atoms with Crippen LogP contribution in [-0.4, -0.2) is 17.5 Å². The van der Waals surface area contributed by atoms with Gasteiger partial charge in [0.25, 0.3) is 5.91 Å². The van der Waals surface area contributed by atoms with Crippen LogP contribution >= 0.6 is 22.9 Å². The molecular formula is C16H11ClF2N2O2S. The number of nitrogens with one attached hydrogen (secondary N) is 1. The minimum Gasteiger partial charge on any atom is -0.494 e. The molecule has 0 aliphatic carbocycles. The molecule has 3 rings (SSSR count). The average molecular weight is 369 g/mol. The van der Waals surface area contributed by atoms with Gasteiger partial charge in [-0.25, -0.2) is 13.8 Å². The Bertz CT molecular complexity index is 930. The Hall–Kier alpha value is -2.25. The van der Waals surface area contributed by atoms with E-state index in [1.54, 1.807) is 12.1 Å². The van der Waals surface area contributed by atoms with Crippen molar-refractivity contribution in [2.45, 2.75) is 6.92 Å². The van der Waals surface area contributed by atoms with Gasteiger partial charge in [0.2, 0.25) is 0 Å². The summed E-state index contributed by atoms with van der Waals surface area (Å²) < 4.78 is 32.6. The minimum absolute atomic E-state index is 0.162. The van der Waals surface area contributed by atoms with Crippen molar-refractivity contribution in [2.75, 3.05) is 11.9 Å². The van der Waals surface area contributed by atoms with Gasteiger partial charge in [0.15, 0.2) is 16.8 Å². The molecule has 0 aliphatic rings. The van der Waals surface area contributed by atoms with Crippen molar-refractivity contribution in [1.29, 1.82) is 0 Å². The Morgan fingerprint density at radius 1 is 1.29 bits per heavy atom. The average Bonchev–Trinajstić information content (AvgIpc) is 2.92. The number of hydrogen-bond acceptors (Lipinski definition) is 4. The molecular weight excluding hydrogens is 358 g/mol. The molecule has 2 aromatic carbocycles. The fourth-order valence-electron chi connectivity index (χ4n) is 2.08. The van der Waals surface area contributed by atoms with E-state index in [2.05, 4.69) is 10.3 Å². The Labute approximate surface area is 145 Å². The summed E-state index contributed by atoms with van der Waals surface area (Å²) in [7, 11) is 0. The predicted octanol–water partition coefficient (Wildman–Crippen LogP) is 4.88. The second-order valence-electron chi connectivity index (χ2n) is 4.78. The first-order chi connectivity index (χ1) is 11.5. The maximum atomic E-state index is 13.3. The van der Waals surface area contributed by atoms with Gasteiger partial charge in [-0.1, -0.05) is 22.9 Å². The molecule has 1 amide bonds. The van der Waals surface area contributed by atoms with Gasteiger partial charge in [-0.3, -0.25) is 10.1 Å². The van der Waals surface area contributed by atoms with Crippen LogP contribution in [0.3, 0.4) is 0 Å². The number of benzene rings is 2. The van der Waals surface area contributed by atoms with Crippen LogP contribution in [0, 0.1) is 11.6 Å². The zero-order valence-electron chi connectivity index (χ0n) is 12.4. The number of ether oxygens (including phenoxy) is 1. The number of rotatable bonds is 4. The lowest BCUT2D eigenvalue weighted by molar-refractivity contribution is 0.102. The summed E-state index contributed by atoms with van der Waals surface area (Å²) in [4.78, 5) is 16.5. The molecule has 3 aromatic rings. The first kappa shape index (κ1) is 16.6. The van der Waals surface area contributed by atoms with Gasteiger partial charge in [-0.05, 0) is 37.3 Å². The lowest BCUT2D eigenvalue weighted by Gasteiger charge is -2.04. The van der Waals surface area contributed by atoms with E-state index < -0.39 is 17.5 Å². The molecule has 124 valence electrons. The standard InChI is InChI=1S/C16H11ClF2N2O2S/c1-2-23-8-3-4-13-14(5-8)24-16(20-13)21-15(22)9-6-11(18)12(19)7-10(9)17/h3-7H,2H2,1H3,(H,20,21,22). The third kappa shape index (κ3) is 3.32. The maximum Gasteiger partial charge on any atom is 0.259 e. The summed E-state index contributed by atoms with van der Waals surface area (Å²) in [5.74, 6) is -2.21. The number of carbonyl (C=O) groups excluding carboxylic acids is 1. The van der Waals surface area contributed by atoms with Gasteiger partial charge < -0.3 is 4.74 Å². The van der Waals surface area contributed by atoms with Crippen LogP contribution in [0.1, 0.15) is 17.3 Å². The van der Waals surface area contributed by atoms with Crippen LogP contribution in [-0.2, 0) is 0 Å². The SMILES string of the molecule is CCOc1ccc2nc(NC(=O)c3cc(F)c(F)cc3Cl)sc2c1. The lowest BCUT2D eigenvalue weighted by atomic mass is 10.2. The van der Waals surface area contributed by atoms with Crippen molar-refractivity contribution in [1.82, 2.24) is 4.98 Å². The number of nitrogens with zero attached hydrogens (tertiary/aromatic N) is 1. The van der Waals surface area contributed by atoms with Crippen LogP contribution < -0.4 is 10.1 Å². The number of hydrogen-bond donors (Lipinski definition) is 1. The Morgan fingerprint density at radius 3 is 2.79 bits per heavy atom. The molecule has 0 aliphatic heterocycles. The number of fused-ring (bicyclic) bond motifs is 1. The summed E-state index contributed by atoms with van der Waals surface area (Å²) in [5, 5.41) is 2.69. The summed E-state index contributed by atoms with van der Waals surface area (Å²) in [5.41, 5.74) is 0.528. The molecule has 24 heavy (non-hydrogen) atoms. The number of halogens is 3. The van der Waals surface area contributed by atoms with E-state index in [0.717, 1.165) is 16.8 Å². The van der Waals surface area contributed by atoms with Crippen LogP contribution in [0.2, 0.25) is 5.02 Å². The van der Waals surface area contributed by atoms with Gasteiger partial charge in [0, 0.05) is 0 Å². The topological polar surface area (TPSA) is 51.2 Å². The zero-order valence-corrected chi connectivity index (χ0v) is 14.0. The predicted molar refractivity (Wildman–Crippen MR) is 90.1 cm³/mol. The van der Waals surface area contributed by atoms with Gasteiger partial charge in [-0.15, -0.1) is 0 Å². The van der Waals surface area contributed by atoms with E-state index in [0.29, 0.717) is 23.0 Å². The van der Waals surface area contributed by atoms with Crippen molar-refractivity contribution in [2.24, 2.45) is 0 Å². The number of carbonyl (C=O) groups is 1. The number of amides is 1. The molecule has 0 radical (unpaired) electrons. The normalized spacial score (nSPS) is 10.8. The van der Waals surface area contributed by atoms with Crippen LogP contribution in [0.5, 0.6) is 5.75 Å². The highest BCUT2D eigenvalue weighted by molar-refractivity contribution is 7.22. The minimum atomic E-state index is -1.14. The first-order valence-electron chi connectivity index (χ1n) is 6.97. The fraction of sp³-hybridized carbons (Fsp3) is 0.125. The maximum absolute atomic E-state index is 13.3. The summed E-state index contributed by atoms with van der Waals surface area (Å²) in [6.45, 7) is 2.43. The number of aromatic nitrogens is 1. The largest absolute Gasteiger partial charge is 0.494 e. The molecule has 0 saturated carbocycles. The Morgan fingerprint density at radius 2 is 2.04 bits per heavy atom. The van der Waals surface area contributed by atoms with Crippen molar-refractivity contribution < 1.29 is 18.3 Å². The first-order valence-corrected chi connectivity index (χ1v) is 8.16. The monoisotopic (exact) mass is 368 g/mol. The lowest BCUT2D eigenvalue weighted by Crippen LogP contribution is -2.13. The van der Waals surface area contributed by atoms with Crippen LogP contribution in [0.25, 0.3) is 10.2 Å². The van der Waals surface area contributed by atoms with Gasteiger partial charge >= 0.3 is 0 Å². The second kappa shape index (κ2) is 6.70. The molecule has 1 N–H and O–H groups in total. The van der Waals surface area contributed by atoms with Gasteiger partial charge in [-0.2, -0.15) is 0 Å². The number of thiazole rings is 1. The molecule has 0 atom stereocenters. The zero-order chi connectivity index (χ0) is 17.3. The fourth-order valence-corrected chi connectivity index (χ4v) is 3.20. The number of anilines is 1. The van der Waals surface area contributed by atoms with Crippen molar-refractivity contribution >= 4 is 44.2 Å². The van der Waals surface area contributed by atoms with E-state index in [1.165, 1.54) is 11.3 Å². The Balaban J connectivity index is 1.86. The molecule has 1 aromatic heterocycles. The molecule has 8 heteroatoms. The van der Waals surface area contributed by atoms with Crippen molar-refractivity contribution in [3.05, 3.63) is 52.6 Å². The van der Waals surface area contributed by atoms with E-state index in [9.17, 15) is 13.6 Å². The summed E-state index contributed by atoms with van der Waals surface area (Å²) in [6.07, 6.45) is 0. The van der Waals surface area contributed by atoms with E-state index in [4.69, 9.17) is 16.3 Å². The van der Waals surface area contributed by atoms with Gasteiger partial charge in [0.1, 0.15) is 5.75 Å². The highest BCUT2D eigenvalue weighted by atomic mass is 35.5. The van der Waals surface area contributed by atoms with E-state index in [1.807, 2.05) is 13.0 Å². The molecule has 0 unspecified atom stereocenters. The molecule has 0 bridgehead atoms. The molecule has 0 fully saturated rings. The van der Waals surface area contributed by atoms with E-state index >= 15 is 0 Å². The smallest absolute Gasteiger partial charge is 0.259 e. The van der Waals surface area contributed by atoms with Crippen molar-refractivity contribution in [3.8, 4) is 5.75 Å². The summed E-state index contributed by atoms with van der Waals surface area (Å²) in [6, 6.07) is 6.89. The highest BCUT2D eigenvalue weighted by Gasteiger charge is 2.16. The molecule has 0 spiro atoms. The van der Waals surface area contributed by atoms with Crippen LogP contribution in [0.4, 0.5) is 13.9 Å². The summed E-state index contributed by atoms with van der Waals surface area (Å²) >= 11 is 7.04. The second-order valence-corrected chi connectivity index (χ2v) is 6.22. The van der Waals surface area contributed by atoms with Gasteiger partial charge in [0.05, 0.1) is 27.4 Å². The molecule has 4 nitrogen and oxygen atoms in total. The highest BCUT2D eigenvalue weighted by Crippen LogP contribution is 2.30.